The molecule has 0 atom stereocenters. The molecule has 2 aromatic rings. The minimum Gasteiger partial charge on any atom is -0.619 e. The molecule has 0 bridgehead atoms. The molecule has 2 heterocycles. The molecule has 0 saturated heterocycles. The van der Waals surface area contributed by atoms with E-state index >= 15 is 0 Å². The van der Waals surface area contributed by atoms with Gasteiger partial charge in [0.15, 0.2) is 11.8 Å². The largest absolute Gasteiger partial charge is 0.619 e. The number of fused-ring (bicyclic) bond motifs is 1. The van der Waals surface area contributed by atoms with Crippen molar-refractivity contribution in [2.75, 3.05) is 0 Å². The zero-order chi connectivity index (χ0) is 9.97. The summed E-state index contributed by atoms with van der Waals surface area (Å²) >= 11 is 0. The van der Waals surface area contributed by atoms with Gasteiger partial charge in [0.1, 0.15) is 5.76 Å². The molecule has 14 heavy (non-hydrogen) atoms. The summed E-state index contributed by atoms with van der Waals surface area (Å²) in [6, 6.07) is 3.78. The fourth-order valence-corrected chi connectivity index (χ4v) is 1.49. The SMILES string of the molecule is CCCCc1cc2cc[n+]([O-])cc2o1. The van der Waals surface area contributed by atoms with Crippen LogP contribution in [-0.2, 0) is 6.42 Å². The lowest BCUT2D eigenvalue weighted by atomic mass is 10.2. The van der Waals surface area contributed by atoms with E-state index in [-0.39, 0.29) is 0 Å². The summed E-state index contributed by atoms with van der Waals surface area (Å²) in [6.07, 6.45) is 6.17. The zero-order valence-electron chi connectivity index (χ0n) is 8.19. The van der Waals surface area contributed by atoms with Crippen molar-refractivity contribution >= 4 is 11.0 Å². The van der Waals surface area contributed by atoms with Crippen molar-refractivity contribution in [3.8, 4) is 0 Å². The first-order chi connectivity index (χ1) is 6.79. The summed E-state index contributed by atoms with van der Waals surface area (Å²) in [5, 5.41) is 12.0. The van der Waals surface area contributed by atoms with Crippen molar-refractivity contribution in [2.45, 2.75) is 26.2 Å². The minimum absolute atomic E-state index is 0.675. The van der Waals surface area contributed by atoms with Crippen molar-refractivity contribution in [2.24, 2.45) is 0 Å². The highest BCUT2D eigenvalue weighted by atomic mass is 16.5. The van der Waals surface area contributed by atoms with Crippen molar-refractivity contribution in [3.05, 3.63) is 35.5 Å². The van der Waals surface area contributed by atoms with E-state index in [1.807, 2.05) is 6.07 Å². The third-order valence-corrected chi connectivity index (χ3v) is 2.26. The van der Waals surface area contributed by atoms with Crippen molar-refractivity contribution in [3.63, 3.8) is 0 Å². The van der Waals surface area contributed by atoms with E-state index in [9.17, 15) is 5.21 Å². The van der Waals surface area contributed by atoms with Crippen molar-refractivity contribution in [1.82, 2.24) is 0 Å². The molecule has 0 radical (unpaired) electrons. The predicted octanol–water partition coefficient (Wildman–Crippen LogP) is 2.41. The van der Waals surface area contributed by atoms with E-state index in [1.54, 1.807) is 6.07 Å². The van der Waals surface area contributed by atoms with Gasteiger partial charge in [-0.2, -0.15) is 4.73 Å². The molecule has 3 nitrogen and oxygen atoms in total. The van der Waals surface area contributed by atoms with E-state index in [0.29, 0.717) is 5.58 Å². The van der Waals surface area contributed by atoms with Gasteiger partial charge in [-0.15, -0.1) is 0 Å². The summed E-state index contributed by atoms with van der Waals surface area (Å²) < 4.78 is 6.29. The quantitative estimate of drug-likeness (QED) is 0.552. The summed E-state index contributed by atoms with van der Waals surface area (Å²) in [4.78, 5) is 0. The molecule has 2 aromatic heterocycles. The number of rotatable bonds is 3. The van der Waals surface area contributed by atoms with E-state index in [1.165, 1.54) is 12.4 Å². The molecule has 2 rings (SSSR count). The molecule has 0 aliphatic heterocycles. The number of aryl methyl sites for hydroxylation is 1. The van der Waals surface area contributed by atoms with Gasteiger partial charge in [-0.1, -0.05) is 13.3 Å². The lowest BCUT2D eigenvalue weighted by Crippen LogP contribution is -2.23. The number of aromatic nitrogens is 1. The van der Waals surface area contributed by atoms with Crippen LogP contribution in [0.3, 0.4) is 0 Å². The molecule has 74 valence electrons. The molecule has 3 heteroatoms. The Hall–Kier alpha value is -1.51. The summed E-state index contributed by atoms with van der Waals surface area (Å²) in [5.41, 5.74) is 0.675. The van der Waals surface area contributed by atoms with E-state index in [4.69, 9.17) is 4.42 Å². The Kier molecular flexibility index (Phi) is 2.39. The van der Waals surface area contributed by atoms with Gasteiger partial charge >= 0.3 is 0 Å². The number of pyridine rings is 1. The van der Waals surface area contributed by atoms with Gasteiger partial charge in [0.2, 0.25) is 6.20 Å². The Morgan fingerprint density at radius 2 is 2.36 bits per heavy atom. The molecule has 0 N–H and O–H groups in total. The third kappa shape index (κ3) is 1.71. The monoisotopic (exact) mass is 191 g/mol. The molecule has 0 saturated carbocycles. The Morgan fingerprint density at radius 3 is 3.14 bits per heavy atom. The van der Waals surface area contributed by atoms with Crippen LogP contribution in [0.25, 0.3) is 11.0 Å². The maximum atomic E-state index is 11.0. The molecule has 0 amide bonds. The topological polar surface area (TPSA) is 40.1 Å². The maximum Gasteiger partial charge on any atom is 0.223 e. The van der Waals surface area contributed by atoms with Crippen LogP contribution in [-0.4, -0.2) is 0 Å². The van der Waals surface area contributed by atoms with Gasteiger partial charge < -0.3 is 9.62 Å². The van der Waals surface area contributed by atoms with Crippen molar-refractivity contribution < 1.29 is 9.15 Å². The predicted molar refractivity (Wildman–Crippen MR) is 53.8 cm³/mol. The highest BCUT2D eigenvalue weighted by Gasteiger charge is 2.05. The van der Waals surface area contributed by atoms with Crippen molar-refractivity contribution in [1.29, 1.82) is 0 Å². The molecule has 0 aliphatic carbocycles. The molecular formula is C11H13NO2. The van der Waals surface area contributed by atoms with E-state index in [0.717, 1.165) is 35.1 Å². The number of nitrogens with zero attached hydrogens (tertiary/aromatic N) is 1. The van der Waals surface area contributed by atoms with Crippen LogP contribution >= 0.6 is 0 Å². The second-order valence-electron chi connectivity index (χ2n) is 3.44. The Bertz CT molecular complexity index is 434. The first-order valence-electron chi connectivity index (χ1n) is 4.91. The van der Waals surface area contributed by atoms with Crippen LogP contribution in [0.15, 0.2) is 28.9 Å². The van der Waals surface area contributed by atoms with Gasteiger partial charge in [0.25, 0.3) is 0 Å². The normalized spacial score (nSPS) is 10.9. The molecule has 0 unspecified atom stereocenters. The lowest BCUT2D eigenvalue weighted by Gasteiger charge is -1.92. The number of furan rings is 1. The molecule has 0 spiro atoms. The van der Waals surface area contributed by atoms with Gasteiger partial charge in [-0.05, 0) is 12.5 Å². The van der Waals surface area contributed by atoms with Gasteiger partial charge in [0.05, 0.1) is 0 Å². The molecular weight excluding hydrogens is 178 g/mol. The standard InChI is InChI=1S/C11H13NO2/c1-2-3-4-10-7-9-5-6-12(13)8-11(9)14-10/h5-8H,2-4H2,1H3. The van der Waals surface area contributed by atoms with Gasteiger partial charge in [-0.3, -0.25) is 0 Å². The number of hydrogen-bond donors (Lipinski definition) is 0. The van der Waals surface area contributed by atoms with Crippen LogP contribution in [0.4, 0.5) is 0 Å². The van der Waals surface area contributed by atoms with E-state index < -0.39 is 0 Å². The molecule has 0 fully saturated rings. The summed E-state index contributed by atoms with van der Waals surface area (Å²) in [6.45, 7) is 2.15. The Morgan fingerprint density at radius 1 is 1.50 bits per heavy atom. The smallest absolute Gasteiger partial charge is 0.223 e. The van der Waals surface area contributed by atoms with Crippen LogP contribution in [0.2, 0.25) is 0 Å². The first kappa shape index (κ1) is 9.06. The zero-order valence-corrected chi connectivity index (χ0v) is 8.19. The Balaban J connectivity index is 2.32. The number of unbranched alkanes of at least 4 members (excludes halogenated alkanes) is 1. The molecule has 0 aromatic carbocycles. The Labute approximate surface area is 82.5 Å². The average Bonchev–Trinajstić information content (AvgIpc) is 2.56. The van der Waals surface area contributed by atoms with Crippen LogP contribution in [0.5, 0.6) is 0 Å². The fraction of sp³-hybridized carbons (Fsp3) is 0.364. The fourth-order valence-electron chi connectivity index (χ4n) is 1.49. The molecule has 0 aliphatic rings. The van der Waals surface area contributed by atoms with Gasteiger partial charge in [-0.25, -0.2) is 0 Å². The summed E-state index contributed by atoms with van der Waals surface area (Å²) in [5.74, 6) is 0.966. The maximum absolute atomic E-state index is 11.0. The lowest BCUT2D eigenvalue weighted by molar-refractivity contribution is -0.604. The first-order valence-corrected chi connectivity index (χ1v) is 4.91. The summed E-state index contributed by atoms with van der Waals surface area (Å²) in [7, 11) is 0. The third-order valence-electron chi connectivity index (χ3n) is 2.26. The number of hydrogen-bond acceptors (Lipinski definition) is 2. The van der Waals surface area contributed by atoms with Crippen LogP contribution < -0.4 is 4.73 Å². The van der Waals surface area contributed by atoms with Gasteiger partial charge in [0, 0.05) is 17.9 Å². The highest BCUT2D eigenvalue weighted by Crippen LogP contribution is 2.18. The van der Waals surface area contributed by atoms with Crippen LogP contribution in [0, 0.1) is 5.21 Å². The average molecular weight is 191 g/mol. The highest BCUT2D eigenvalue weighted by molar-refractivity contribution is 5.75. The second-order valence-corrected chi connectivity index (χ2v) is 3.44. The van der Waals surface area contributed by atoms with Crippen LogP contribution in [0.1, 0.15) is 25.5 Å². The second kappa shape index (κ2) is 3.70. The van der Waals surface area contributed by atoms with E-state index in [2.05, 4.69) is 6.92 Å². The minimum atomic E-state index is 0.675.